The average molecular weight is 420 g/mol. The van der Waals surface area contributed by atoms with E-state index in [0.29, 0.717) is 17.6 Å². The summed E-state index contributed by atoms with van der Waals surface area (Å²) in [5.74, 6) is 1.46. The number of aliphatic hydroxyl groups is 1. The molecule has 0 radical (unpaired) electrons. The molecule has 2 aromatic rings. The van der Waals surface area contributed by atoms with Gasteiger partial charge in [0.1, 0.15) is 11.7 Å². The largest absolute Gasteiger partial charge is 0.481 e. The lowest BCUT2D eigenvalue weighted by atomic mass is 10.2. The molecule has 1 amide bonds. The van der Waals surface area contributed by atoms with E-state index in [0.717, 1.165) is 0 Å². The van der Waals surface area contributed by atoms with E-state index in [1.165, 1.54) is 20.4 Å². The van der Waals surface area contributed by atoms with E-state index in [9.17, 15) is 4.79 Å². The molecule has 0 unspecified atom stereocenters. The quantitative estimate of drug-likeness (QED) is 0.749. The fourth-order valence-corrected chi connectivity index (χ4v) is 1.55. The summed E-state index contributed by atoms with van der Waals surface area (Å²) < 4.78 is 14.8. The van der Waals surface area contributed by atoms with E-state index in [1.54, 1.807) is 52.1 Å². The van der Waals surface area contributed by atoms with Crippen LogP contribution in [0.1, 0.15) is 39.3 Å². The first kappa shape index (κ1) is 26.5. The topological polar surface area (TPSA) is 152 Å². The molecule has 0 saturated heterocycles. The van der Waals surface area contributed by atoms with Gasteiger partial charge in [0.2, 0.25) is 17.6 Å². The standard InChI is InChI=1S/C11H17N3O3.C6H5N3O.C2H6O/c1-11(2,3)17-10(15)13-7-8-12-6-5-9(14-8)16-4;1-10-6-2-3-8-5(4-7)9-6;1-2-3/h5-6H,7H2,1-4H3,(H,13,15);2-3H,1H3;3H,2H2,1H3. The highest BCUT2D eigenvalue weighted by molar-refractivity contribution is 5.67. The Bertz CT molecular complexity index is 804. The molecule has 0 aliphatic rings. The highest BCUT2D eigenvalue weighted by Gasteiger charge is 2.15. The van der Waals surface area contributed by atoms with Crippen molar-refractivity contribution >= 4 is 6.09 Å². The van der Waals surface area contributed by atoms with Crippen LogP contribution in [0.5, 0.6) is 11.8 Å². The third-order valence-corrected chi connectivity index (χ3v) is 2.62. The third kappa shape index (κ3) is 12.8. The van der Waals surface area contributed by atoms with Crippen LogP contribution in [0.3, 0.4) is 0 Å². The van der Waals surface area contributed by atoms with Gasteiger partial charge >= 0.3 is 6.09 Å². The van der Waals surface area contributed by atoms with Gasteiger partial charge in [-0.3, -0.25) is 0 Å². The van der Waals surface area contributed by atoms with Gasteiger partial charge in [0.05, 0.1) is 20.8 Å². The first-order valence-corrected chi connectivity index (χ1v) is 8.89. The van der Waals surface area contributed by atoms with E-state index in [2.05, 4.69) is 25.3 Å². The van der Waals surface area contributed by atoms with Gasteiger partial charge in [-0.25, -0.2) is 14.8 Å². The molecule has 2 N–H and O–H groups in total. The smallest absolute Gasteiger partial charge is 0.408 e. The Morgan fingerprint density at radius 2 is 1.67 bits per heavy atom. The van der Waals surface area contributed by atoms with Gasteiger partial charge in [-0.2, -0.15) is 15.2 Å². The van der Waals surface area contributed by atoms with Crippen molar-refractivity contribution in [3.05, 3.63) is 36.2 Å². The molecule has 0 aliphatic heterocycles. The number of ether oxygens (including phenoxy) is 3. The molecule has 2 heterocycles. The second-order valence-electron chi connectivity index (χ2n) is 6.22. The van der Waals surface area contributed by atoms with E-state index in [-0.39, 0.29) is 19.0 Å². The van der Waals surface area contributed by atoms with E-state index in [4.69, 9.17) is 24.6 Å². The summed E-state index contributed by atoms with van der Waals surface area (Å²) in [6, 6.07) is 5.02. The first-order valence-electron chi connectivity index (χ1n) is 8.89. The Morgan fingerprint density at radius 1 is 1.13 bits per heavy atom. The lowest BCUT2D eigenvalue weighted by Crippen LogP contribution is -2.32. The van der Waals surface area contributed by atoms with Crippen LogP contribution >= 0.6 is 0 Å². The molecule has 2 rings (SSSR count). The van der Waals surface area contributed by atoms with Crippen LogP contribution in [-0.2, 0) is 11.3 Å². The Morgan fingerprint density at radius 3 is 2.17 bits per heavy atom. The number of hydrogen-bond donors (Lipinski definition) is 2. The first-order chi connectivity index (χ1) is 14.2. The Balaban J connectivity index is 0.000000546. The SMILES string of the molecule is CCO.COc1ccnc(C#N)n1.COc1ccnc(CNC(=O)OC(C)(C)C)n1. The summed E-state index contributed by atoms with van der Waals surface area (Å²) in [7, 11) is 3.01. The molecule has 11 heteroatoms. The number of alkyl carbamates (subject to hydrolysis) is 1. The minimum atomic E-state index is -0.515. The van der Waals surface area contributed by atoms with Crippen molar-refractivity contribution in [1.29, 1.82) is 5.26 Å². The van der Waals surface area contributed by atoms with E-state index >= 15 is 0 Å². The number of nitrogens with one attached hydrogen (secondary N) is 1. The molecule has 0 fully saturated rings. The highest BCUT2D eigenvalue weighted by Crippen LogP contribution is 2.07. The summed E-state index contributed by atoms with van der Waals surface area (Å²) in [4.78, 5) is 26.8. The molecular weight excluding hydrogens is 392 g/mol. The number of hydrogen-bond acceptors (Lipinski definition) is 10. The van der Waals surface area contributed by atoms with Crippen molar-refractivity contribution in [1.82, 2.24) is 25.3 Å². The molecule has 0 atom stereocenters. The molecule has 11 nitrogen and oxygen atoms in total. The maximum atomic E-state index is 11.4. The van der Waals surface area contributed by atoms with Crippen LogP contribution in [0.2, 0.25) is 0 Å². The summed E-state index contributed by atoms with van der Waals surface area (Å²) in [6.45, 7) is 7.53. The Kier molecular flexibility index (Phi) is 12.8. The fourth-order valence-electron chi connectivity index (χ4n) is 1.55. The molecule has 0 aliphatic carbocycles. The zero-order valence-electron chi connectivity index (χ0n) is 18.0. The van der Waals surface area contributed by atoms with Crippen LogP contribution in [0, 0.1) is 11.3 Å². The second kappa shape index (κ2) is 14.5. The van der Waals surface area contributed by atoms with Gasteiger partial charge in [0, 0.05) is 31.1 Å². The van der Waals surface area contributed by atoms with Crippen LogP contribution in [-0.4, -0.2) is 57.6 Å². The lowest BCUT2D eigenvalue weighted by molar-refractivity contribution is 0.0522. The predicted molar refractivity (Wildman–Crippen MR) is 108 cm³/mol. The summed E-state index contributed by atoms with van der Waals surface area (Å²) >= 11 is 0. The molecule has 0 saturated carbocycles. The molecule has 0 bridgehead atoms. The van der Waals surface area contributed by atoms with Crippen molar-refractivity contribution in [2.75, 3.05) is 20.8 Å². The zero-order chi connectivity index (χ0) is 23.0. The van der Waals surface area contributed by atoms with Gasteiger partial charge in [-0.05, 0) is 27.7 Å². The molecule has 0 aromatic carbocycles. The normalized spacial score (nSPS) is 9.53. The minimum absolute atomic E-state index is 0.124. The summed E-state index contributed by atoms with van der Waals surface area (Å²) in [5, 5.41) is 18.5. The number of aromatic nitrogens is 4. The van der Waals surface area contributed by atoms with Gasteiger partial charge in [-0.1, -0.05) is 0 Å². The van der Waals surface area contributed by atoms with Crippen LogP contribution in [0.25, 0.3) is 0 Å². The van der Waals surface area contributed by atoms with Gasteiger partial charge in [-0.15, -0.1) is 0 Å². The zero-order valence-corrected chi connectivity index (χ0v) is 18.0. The van der Waals surface area contributed by atoms with Gasteiger partial charge in [0.15, 0.2) is 5.82 Å². The molecule has 2 aromatic heterocycles. The maximum absolute atomic E-state index is 11.4. The van der Waals surface area contributed by atoms with E-state index < -0.39 is 11.7 Å². The predicted octanol–water partition coefficient (Wildman–Crippen LogP) is 1.87. The number of nitriles is 1. The molecular formula is C19H28N6O5. The lowest BCUT2D eigenvalue weighted by Gasteiger charge is -2.19. The van der Waals surface area contributed by atoms with Crippen molar-refractivity contribution in [2.24, 2.45) is 0 Å². The number of amides is 1. The molecule has 0 spiro atoms. The van der Waals surface area contributed by atoms with Crippen molar-refractivity contribution in [3.8, 4) is 17.8 Å². The summed E-state index contributed by atoms with van der Waals surface area (Å²) in [6.07, 6.45) is 2.55. The second-order valence-corrected chi connectivity index (χ2v) is 6.22. The number of nitrogens with zero attached hydrogens (tertiary/aromatic N) is 5. The summed E-state index contributed by atoms with van der Waals surface area (Å²) in [5.41, 5.74) is -0.515. The number of carbonyl (C=O) groups excluding carboxylic acids is 1. The molecule has 164 valence electrons. The van der Waals surface area contributed by atoms with Crippen LogP contribution < -0.4 is 14.8 Å². The number of methoxy groups -OCH3 is 2. The van der Waals surface area contributed by atoms with Crippen LogP contribution in [0.15, 0.2) is 24.5 Å². The van der Waals surface area contributed by atoms with Gasteiger partial charge in [0.25, 0.3) is 0 Å². The van der Waals surface area contributed by atoms with Crippen molar-refractivity contribution < 1.29 is 24.1 Å². The third-order valence-electron chi connectivity index (χ3n) is 2.62. The van der Waals surface area contributed by atoms with Gasteiger partial charge < -0.3 is 24.6 Å². The number of carbonyl (C=O) groups is 1. The number of rotatable bonds is 4. The van der Waals surface area contributed by atoms with Crippen molar-refractivity contribution in [3.63, 3.8) is 0 Å². The molecule has 30 heavy (non-hydrogen) atoms. The Hall–Kier alpha value is -3.52. The van der Waals surface area contributed by atoms with Crippen molar-refractivity contribution in [2.45, 2.75) is 39.8 Å². The highest BCUT2D eigenvalue weighted by atomic mass is 16.6. The number of aliphatic hydroxyl groups excluding tert-OH is 1. The minimum Gasteiger partial charge on any atom is -0.481 e. The van der Waals surface area contributed by atoms with Crippen LogP contribution in [0.4, 0.5) is 4.79 Å². The maximum Gasteiger partial charge on any atom is 0.408 e. The Labute approximate surface area is 176 Å². The fraction of sp³-hybridized carbons (Fsp3) is 0.474. The monoisotopic (exact) mass is 420 g/mol. The van der Waals surface area contributed by atoms with E-state index in [1.807, 2.05) is 0 Å². The average Bonchev–Trinajstić information content (AvgIpc) is 2.72.